The number of amides is 1. The lowest BCUT2D eigenvalue weighted by Crippen LogP contribution is -2.32. The minimum atomic E-state index is -3.84. The van der Waals surface area contributed by atoms with Gasteiger partial charge in [-0.2, -0.15) is 0 Å². The monoisotopic (exact) mass is 332 g/mol. The molecule has 0 aliphatic carbocycles. The van der Waals surface area contributed by atoms with Crippen LogP contribution in [0.5, 0.6) is 0 Å². The van der Waals surface area contributed by atoms with Crippen LogP contribution < -0.4 is 10.0 Å². The van der Waals surface area contributed by atoms with Crippen LogP contribution in [0.15, 0.2) is 18.2 Å². The highest BCUT2D eigenvalue weighted by Crippen LogP contribution is 2.30. The maximum Gasteiger partial charge on any atom is 0.339 e. The van der Waals surface area contributed by atoms with Crippen LogP contribution >= 0.6 is 11.6 Å². The highest BCUT2D eigenvalue weighted by molar-refractivity contribution is 7.89. The van der Waals surface area contributed by atoms with Crippen LogP contribution in [0.25, 0.3) is 0 Å². The number of carbonyl (C=O) groups is 2. The topological polar surface area (TPSA) is 107 Å². The number of hydrogen-bond acceptors (Lipinski definition) is 5. The molecule has 1 aliphatic rings. The molecule has 1 amide bonds. The second-order valence-electron chi connectivity index (χ2n) is 4.57. The van der Waals surface area contributed by atoms with Gasteiger partial charge in [0.25, 0.3) is 0 Å². The zero-order chi connectivity index (χ0) is 15.8. The standard InChI is InChI=1S/C12H13ClN2O5S/c1-20-12(17)9-3-2-7(13)4-10(9)15-6-8(5-11(15)16)21(14,18)19/h2-4,8H,5-6H2,1H3,(H2,14,18,19). The van der Waals surface area contributed by atoms with Gasteiger partial charge in [-0.3, -0.25) is 4.79 Å². The van der Waals surface area contributed by atoms with Crippen molar-refractivity contribution in [3.05, 3.63) is 28.8 Å². The minimum absolute atomic E-state index is 0.123. The lowest BCUT2D eigenvalue weighted by Gasteiger charge is -2.19. The van der Waals surface area contributed by atoms with Crippen molar-refractivity contribution in [1.82, 2.24) is 0 Å². The predicted molar refractivity (Wildman–Crippen MR) is 76.7 cm³/mol. The van der Waals surface area contributed by atoms with E-state index in [2.05, 4.69) is 4.74 Å². The number of nitrogens with zero attached hydrogens (tertiary/aromatic N) is 1. The van der Waals surface area contributed by atoms with Crippen LogP contribution in [0.1, 0.15) is 16.8 Å². The highest BCUT2D eigenvalue weighted by atomic mass is 35.5. The van der Waals surface area contributed by atoms with E-state index in [-0.39, 0.29) is 24.2 Å². The number of ether oxygens (including phenoxy) is 1. The number of esters is 1. The largest absolute Gasteiger partial charge is 0.465 e. The molecule has 1 saturated heterocycles. The number of methoxy groups -OCH3 is 1. The first-order chi connectivity index (χ1) is 9.74. The van der Waals surface area contributed by atoms with E-state index >= 15 is 0 Å². The molecule has 0 radical (unpaired) electrons. The Bertz CT molecular complexity index is 704. The third kappa shape index (κ3) is 3.17. The molecule has 9 heteroatoms. The Morgan fingerprint density at radius 1 is 1.48 bits per heavy atom. The molecule has 0 bridgehead atoms. The second kappa shape index (κ2) is 5.63. The first kappa shape index (κ1) is 15.7. The predicted octanol–water partition coefficient (Wildman–Crippen LogP) is 0.520. The average molecular weight is 333 g/mol. The van der Waals surface area contributed by atoms with Crippen molar-refractivity contribution < 1.29 is 22.7 Å². The maximum atomic E-state index is 12.0. The zero-order valence-corrected chi connectivity index (χ0v) is 12.6. The summed E-state index contributed by atoms with van der Waals surface area (Å²) in [6, 6.07) is 4.31. The fraction of sp³-hybridized carbons (Fsp3) is 0.333. The summed E-state index contributed by atoms with van der Waals surface area (Å²) in [4.78, 5) is 24.9. The van der Waals surface area contributed by atoms with Gasteiger partial charge < -0.3 is 9.64 Å². The van der Waals surface area contributed by atoms with Crippen molar-refractivity contribution in [2.75, 3.05) is 18.6 Å². The quantitative estimate of drug-likeness (QED) is 0.812. The van der Waals surface area contributed by atoms with E-state index in [1.54, 1.807) is 0 Å². The molecule has 1 heterocycles. The smallest absolute Gasteiger partial charge is 0.339 e. The average Bonchev–Trinajstić information content (AvgIpc) is 2.79. The summed E-state index contributed by atoms with van der Waals surface area (Å²) in [5, 5.41) is 4.38. The third-order valence-electron chi connectivity index (χ3n) is 3.21. The van der Waals surface area contributed by atoms with Crippen molar-refractivity contribution in [1.29, 1.82) is 0 Å². The van der Waals surface area contributed by atoms with Gasteiger partial charge in [0.2, 0.25) is 15.9 Å². The van der Waals surface area contributed by atoms with Crippen LogP contribution in [0, 0.1) is 0 Å². The molecule has 0 spiro atoms. The van der Waals surface area contributed by atoms with E-state index < -0.39 is 27.1 Å². The summed E-state index contributed by atoms with van der Waals surface area (Å²) >= 11 is 5.88. The number of primary sulfonamides is 1. The van der Waals surface area contributed by atoms with E-state index in [1.807, 2.05) is 0 Å². The summed E-state index contributed by atoms with van der Waals surface area (Å²) in [6.45, 7) is -0.123. The number of anilines is 1. The van der Waals surface area contributed by atoms with Crippen molar-refractivity contribution in [3.63, 3.8) is 0 Å². The SMILES string of the molecule is COC(=O)c1ccc(Cl)cc1N1CC(S(N)(=O)=O)CC1=O. The molecule has 1 aromatic carbocycles. The summed E-state index contributed by atoms with van der Waals surface area (Å²) in [6.07, 6.45) is -0.230. The zero-order valence-electron chi connectivity index (χ0n) is 11.1. The van der Waals surface area contributed by atoms with E-state index in [4.69, 9.17) is 16.7 Å². The number of hydrogen-bond donors (Lipinski definition) is 1. The van der Waals surface area contributed by atoms with Gasteiger partial charge in [0, 0.05) is 18.0 Å². The number of benzene rings is 1. The highest BCUT2D eigenvalue weighted by Gasteiger charge is 2.38. The van der Waals surface area contributed by atoms with Gasteiger partial charge in [-0.15, -0.1) is 0 Å². The van der Waals surface area contributed by atoms with E-state index in [0.29, 0.717) is 5.02 Å². The van der Waals surface area contributed by atoms with Crippen molar-refractivity contribution in [2.45, 2.75) is 11.7 Å². The van der Waals surface area contributed by atoms with E-state index in [0.717, 1.165) is 0 Å². The molecule has 1 aromatic rings. The van der Waals surface area contributed by atoms with Crippen molar-refractivity contribution >= 4 is 39.2 Å². The lowest BCUT2D eigenvalue weighted by atomic mass is 10.1. The van der Waals surface area contributed by atoms with Gasteiger partial charge in [0.05, 0.1) is 18.4 Å². The van der Waals surface area contributed by atoms with Gasteiger partial charge in [0.15, 0.2) is 0 Å². The molecular weight excluding hydrogens is 320 g/mol. The van der Waals surface area contributed by atoms with Gasteiger partial charge in [-0.25, -0.2) is 18.4 Å². The normalized spacial score (nSPS) is 18.9. The third-order valence-corrected chi connectivity index (χ3v) is 4.69. The molecule has 1 aliphatic heterocycles. The van der Waals surface area contributed by atoms with Crippen LogP contribution in [-0.2, 0) is 19.6 Å². The van der Waals surface area contributed by atoms with E-state index in [9.17, 15) is 18.0 Å². The Morgan fingerprint density at radius 3 is 2.67 bits per heavy atom. The number of carbonyl (C=O) groups excluding carboxylic acids is 2. The molecule has 1 atom stereocenters. The Labute approximate surface area is 126 Å². The Hall–Kier alpha value is -1.64. The van der Waals surface area contributed by atoms with Crippen molar-refractivity contribution in [3.8, 4) is 0 Å². The summed E-state index contributed by atoms with van der Waals surface area (Å²) in [5.41, 5.74) is 0.343. The Kier molecular flexibility index (Phi) is 4.22. The number of sulfonamides is 1. The first-order valence-corrected chi connectivity index (χ1v) is 7.92. The molecule has 0 aromatic heterocycles. The molecule has 2 rings (SSSR count). The maximum absolute atomic E-state index is 12.0. The number of halogens is 1. The molecule has 114 valence electrons. The summed E-state index contributed by atoms with van der Waals surface area (Å²) < 4.78 is 27.4. The molecule has 2 N–H and O–H groups in total. The molecule has 21 heavy (non-hydrogen) atoms. The summed E-state index contributed by atoms with van der Waals surface area (Å²) in [7, 11) is -2.63. The van der Waals surface area contributed by atoms with Gasteiger partial charge in [0.1, 0.15) is 5.25 Å². The van der Waals surface area contributed by atoms with Gasteiger partial charge >= 0.3 is 5.97 Å². The molecule has 1 fully saturated rings. The van der Waals surface area contributed by atoms with Crippen LogP contribution in [-0.4, -0.2) is 39.2 Å². The second-order valence-corrected chi connectivity index (χ2v) is 6.85. The van der Waals surface area contributed by atoms with Crippen LogP contribution in [0.3, 0.4) is 0 Å². The number of rotatable bonds is 3. The van der Waals surface area contributed by atoms with Gasteiger partial charge in [-0.1, -0.05) is 11.6 Å². The lowest BCUT2D eigenvalue weighted by molar-refractivity contribution is -0.117. The molecular formula is C12H13ClN2O5S. The minimum Gasteiger partial charge on any atom is -0.465 e. The van der Waals surface area contributed by atoms with Crippen LogP contribution in [0.4, 0.5) is 5.69 Å². The molecule has 1 unspecified atom stereocenters. The van der Waals surface area contributed by atoms with Gasteiger partial charge in [-0.05, 0) is 18.2 Å². The first-order valence-electron chi connectivity index (χ1n) is 5.94. The fourth-order valence-electron chi connectivity index (χ4n) is 2.14. The number of nitrogens with two attached hydrogens (primary N) is 1. The van der Waals surface area contributed by atoms with Crippen molar-refractivity contribution in [2.24, 2.45) is 5.14 Å². The van der Waals surface area contributed by atoms with E-state index in [1.165, 1.54) is 30.2 Å². The Balaban J connectivity index is 2.45. The molecule has 0 saturated carbocycles. The van der Waals surface area contributed by atoms with Crippen LogP contribution in [0.2, 0.25) is 5.02 Å². The Morgan fingerprint density at radius 2 is 2.14 bits per heavy atom. The molecule has 7 nitrogen and oxygen atoms in total. The summed E-state index contributed by atoms with van der Waals surface area (Å²) in [5.74, 6) is -1.09. The fourth-order valence-corrected chi connectivity index (χ4v) is 3.04.